The van der Waals surface area contributed by atoms with Crippen LogP contribution in [0.4, 0.5) is 0 Å². The molecule has 2 unspecified atom stereocenters. The first-order valence-electron chi connectivity index (χ1n) is 7.22. The van der Waals surface area contributed by atoms with Crippen LogP contribution in [-0.4, -0.2) is 19.0 Å². The zero-order valence-corrected chi connectivity index (χ0v) is 13.1. The van der Waals surface area contributed by atoms with E-state index in [0.29, 0.717) is 12.3 Å². The maximum atomic E-state index is 11.9. The Morgan fingerprint density at radius 1 is 1.40 bits per heavy atom. The van der Waals surface area contributed by atoms with E-state index in [9.17, 15) is 4.79 Å². The minimum Gasteiger partial charge on any atom is -0.350 e. The highest BCUT2D eigenvalue weighted by Gasteiger charge is 2.16. The first-order chi connectivity index (χ1) is 9.15. The van der Waals surface area contributed by atoms with Crippen molar-refractivity contribution in [3.63, 3.8) is 0 Å². The molecule has 0 saturated carbocycles. The summed E-state index contributed by atoms with van der Waals surface area (Å²) in [7, 11) is 0. The maximum Gasteiger partial charge on any atom is 0.220 e. The Labute approximate surface area is 127 Å². The largest absolute Gasteiger partial charge is 0.350 e. The molecule has 1 aromatic rings. The van der Waals surface area contributed by atoms with Crippen molar-refractivity contribution in [3.8, 4) is 0 Å². The molecule has 1 aliphatic rings. The van der Waals surface area contributed by atoms with Crippen molar-refractivity contribution in [3.05, 3.63) is 35.4 Å². The van der Waals surface area contributed by atoms with E-state index >= 15 is 0 Å². The Morgan fingerprint density at radius 2 is 2.10 bits per heavy atom. The quantitative estimate of drug-likeness (QED) is 0.877. The molecule has 4 heteroatoms. The number of amides is 1. The average molecular weight is 297 g/mol. The molecule has 20 heavy (non-hydrogen) atoms. The molecule has 0 aromatic heterocycles. The predicted octanol–water partition coefficient (Wildman–Crippen LogP) is 2.98. The normalized spacial score (nSPS) is 19.2. The van der Waals surface area contributed by atoms with Gasteiger partial charge in [0, 0.05) is 6.42 Å². The number of carbonyl (C=O) groups excluding carboxylic acids is 1. The van der Waals surface area contributed by atoms with Crippen LogP contribution < -0.4 is 10.6 Å². The second-order valence-electron chi connectivity index (χ2n) is 5.60. The molecule has 2 atom stereocenters. The second-order valence-corrected chi connectivity index (χ2v) is 5.60. The summed E-state index contributed by atoms with van der Waals surface area (Å²) >= 11 is 0. The highest BCUT2D eigenvalue weighted by molar-refractivity contribution is 5.85. The third kappa shape index (κ3) is 5.14. The van der Waals surface area contributed by atoms with Gasteiger partial charge in [0.15, 0.2) is 0 Å². The molecule has 1 aromatic carbocycles. The van der Waals surface area contributed by atoms with Crippen LogP contribution in [-0.2, 0) is 4.79 Å². The van der Waals surface area contributed by atoms with Gasteiger partial charge < -0.3 is 10.6 Å². The first kappa shape index (κ1) is 17.0. The zero-order valence-electron chi connectivity index (χ0n) is 12.3. The molecular formula is C16H25ClN2O. The van der Waals surface area contributed by atoms with E-state index in [-0.39, 0.29) is 24.4 Å². The first-order valence-corrected chi connectivity index (χ1v) is 7.22. The zero-order chi connectivity index (χ0) is 13.7. The highest BCUT2D eigenvalue weighted by Crippen LogP contribution is 2.16. The van der Waals surface area contributed by atoms with Crippen LogP contribution in [0.1, 0.15) is 43.4 Å². The van der Waals surface area contributed by atoms with Gasteiger partial charge in [0.1, 0.15) is 0 Å². The summed E-state index contributed by atoms with van der Waals surface area (Å²) in [5, 5.41) is 6.42. The van der Waals surface area contributed by atoms with E-state index in [1.165, 1.54) is 17.5 Å². The van der Waals surface area contributed by atoms with Crippen molar-refractivity contribution in [2.45, 2.75) is 39.2 Å². The van der Waals surface area contributed by atoms with Crippen LogP contribution in [0.2, 0.25) is 0 Å². The standard InChI is InChI=1S/C16H24N2O.ClH/c1-12-3-6-15(7-4-12)13(2)18-16(19)8-5-14-9-10-17-11-14;/h3-4,6-7,13-14,17H,5,8-11H2,1-2H3,(H,18,19);1H. The highest BCUT2D eigenvalue weighted by atomic mass is 35.5. The smallest absolute Gasteiger partial charge is 0.220 e. The average Bonchev–Trinajstić information content (AvgIpc) is 2.90. The maximum absolute atomic E-state index is 11.9. The lowest BCUT2D eigenvalue weighted by molar-refractivity contribution is -0.122. The summed E-state index contributed by atoms with van der Waals surface area (Å²) in [6, 6.07) is 8.43. The summed E-state index contributed by atoms with van der Waals surface area (Å²) in [5.41, 5.74) is 2.41. The van der Waals surface area contributed by atoms with Gasteiger partial charge in [-0.05, 0) is 51.3 Å². The van der Waals surface area contributed by atoms with E-state index in [1.54, 1.807) is 0 Å². The predicted molar refractivity (Wildman–Crippen MR) is 85.2 cm³/mol. The Bertz CT molecular complexity index is 413. The Morgan fingerprint density at radius 3 is 2.70 bits per heavy atom. The van der Waals surface area contributed by atoms with Crippen molar-refractivity contribution >= 4 is 18.3 Å². The molecular weight excluding hydrogens is 272 g/mol. The van der Waals surface area contributed by atoms with Gasteiger partial charge in [0.2, 0.25) is 5.91 Å². The topological polar surface area (TPSA) is 41.1 Å². The molecule has 2 rings (SSSR count). The molecule has 3 nitrogen and oxygen atoms in total. The van der Waals surface area contributed by atoms with E-state index in [2.05, 4.69) is 41.8 Å². The molecule has 0 spiro atoms. The van der Waals surface area contributed by atoms with Crippen molar-refractivity contribution < 1.29 is 4.79 Å². The fourth-order valence-electron chi connectivity index (χ4n) is 2.55. The minimum atomic E-state index is 0. The van der Waals surface area contributed by atoms with Crippen LogP contribution in [0.25, 0.3) is 0 Å². The molecule has 0 bridgehead atoms. The molecule has 1 fully saturated rings. The lowest BCUT2D eigenvalue weighted by atomic mass is 10.0. The minimum absolute atomic E-state index is 0. The van der Waals surface area contributed by atoms with Crippen LogP contribution in [0.3, 0.4) is 0 Å². The van der Waals surface area contributed by atoms with Gasteiger partial charge in [-0.1, -0.05) is 29.8 Å². The molecule has 1 saturated heterocycles. The monoisotopic (exact) mass is 296 g/mol. The van der Waals surface area contributed by atoms with Crippen molar-refractivity contribution in [2.24, 2.45) is 5.92 Å². The molecule has 1 aliphatic heterocycles. The molecule has 2 N–H and O–H groups in total. The van der Waals surface area contributed by atoms with Crippen LogP contribution in [0, 0.1) is 12.8 Å². The van der Waals surface area contributed by atoms with Crippen LogP contribution in [0.15, 0.2) is 24.3 Å². The fraction of sp³-hybridized carbons (Fsp3) is 0.562. The fourth-order valence-corrected chi connectivity index (χ4v) is 2.55. The number of benzene rings is 1. The Balaban J connectivity index is 0.00000200. The van der Waals surface area contributed by atoms with E-state index < -0.39 is 0 Å². The lowest BCUT2D eigenvalue weighted by Gasteiger charge is -2.15. The summed E-state index contributed by atoms with van der Waals surface area (Å²) < 4.78 is 0. The molecule has 1 heterocycles. The van der Waals surface area contributed by atoms with E-state index in [4.69, 9.17) is 0 Å². The van der Waals surface area contributed by atoms with Gasteiger partial charge in [-0.2, -0.15) is 0 Å². The second kappa shape index (κ2) is 8.28. The van der Waals surface area contributed by atoms with Crippen LogP contribution in [0.5, 0.6) is 0 Å². The number of nitrogens with one attached hydrogen (secondary N) is 2. The summed E-state index contributed by atoms with van der Waals surface area (Å²) in [5.74, 6) is 0.848. The third-order valence-electron chi connectivity index (χ3n) is 3.90. The molecule has 0 aliphatic carbocycles. The molecule has 1 amide bonds. The Kier molecular flexibility index (Phi) is 7.03. The SMILES string of the molecule is Cc1ccc(C(C)NC(=O)CCC2CCNC2)cc1.Cl. The van der Waals surface area contributed by atoms with E-state index in [0.717, 1.165) is 19.5 Å². The van der Waals surface area contributed by atoms with Crippen LogP contribution >= 0.6 is 12.4 Å². The summed E-state index contributed by atoms with van der Waals surface area (Å²) in [6.45, 7) is 6.29. The van der Waals surface area contributed by atoms with Gasteiger partial charge in [-0.15, -0.1) is 12.4 Å². The van der Waals surface area contributed by atoms with Gasteiger partial charge >= 0.3 is 0 Å². The number of halogens is 1. The number of carbonyl (C=O) groups is 1. The van der Waals surface area contributed by atoms with E-state index in [1.807, 2.05) is 6.92 Å². The van der Waals surface area contributed by atoms with Gasteiger partial charge in [0.05, 0.1) is 6.04 Å². The number of hydrogen-bond donors (Lipinski definition) is 2. The number of rotatable bonds is 5. The summed E-state index contributed by atoms with van der Waals surface area (Å²) in [4.78, 5) is 11.9. The van der Waals surface area contributed by atoms with Crippen molar-refractivity contribution in [2.75, 3.05) is 13.1 Å². The lowest BCUT2D eigenvalue weighted by Crippen LogP contribution is -2.27. The van der Waals surface area contributed by atoms with Gasteiger partial charge in [-0.25, -0.2) is 0 Å². The van der Waals surface area contributed by atoms with Crippen molar-refractivity contribution in [1.29, 1.82) is 0 Å². The number of aryl methyl sites for hydroxylation is 1. The van der Waals surface area contributed by atoms with Crippen molar-refractivity contribution in [1.82, 2.24) is 10.6 Å². The Hall–Kier alpha value is -1.06. The number of hydrogen-bond acceptors (Lipinski definition) is 2. The van der Waals surface area contributed by atoms with Gasteiger partial charge in [-0.3, -0.25) is 4.79 Å². The van der Waals surface area contributed by atoms with Gasteiger partial charge in [0.25, 0.3) is 0 Å². The third-order valence-corrected chi connectivity index (χ3v) is 3.90. The molecule has 112 valence electrons. The summed E-state index contributed by atoms with van der Waals surface area (Å²) in [6.07, 6.45) is 2.85. The molecule has 0 radical (unpaired) electrons.